The maximum Gasteiger partial charge on any atom is 0.412 e. The van der Waals surface area contributed by atoms with Gasteiger partial charge in [-0.1, -0.05) is 30.3 Å². The van der Waals surface area contributed by atoms with Crippen LogP contribution in [0.25, 0.3) is 10.4 Å². The number of nitriles is 1. The van der Waals surface area contributed by atoms with Gasteiger partial charge in [-0.05, 0) is 38.8 Å². The van der Waals surface area contributed by atoms with Gasteiger partial charge >= 0.3 is 6.09 Å². The number of anilines is 1. The second-order valence-corrected chi connectivity index (χ2v) is 6.89. The summed E-state index contributed by atoms with van der Waals surface area (Å²) in [6.45, 7) is 7.28. The predicted octanol–water partition coefficient (Wildman–Crippen LogP) is 4.94. The first-order chi connectivity index (χ1) is 10.3. The van der Waals surface area contributed by atoms with Gasteiger partial charge < -0.3 is 4.74 Å². The van der Waals surface area contributed by atoms with Crippen LogP contribution >= 0.6 is 11.3 Å². The summed E-state index contributed by atoms with van der Waals surface area (Å²) in [5, 5.41) is 12.6. The lowest BCUT2D eigenvalue weighted by molar-refractivity contribution is 0.0636. The quantitative estimate of drug-likeness (QED) is 0.853. The van der Waals surface area contributed by atoms with E-state index in [0.717, 1.165) is 16.0 Å². The summed E-state index contributed by atoms with van der Waals surface area (Å²) in [6, 6.07) is 12.0. The van der Waals surface area contributed by atoms with Crippen molar-refractivity contribution in [2.45, 2.75) is 33.3 Å². The van der Waals surface area contributed by atoms with E-state index in [1.807, 2.05) is 37.3 Å². The molecule has 0 aliphatic carbocycles. The summed E-state index contributed by atoms with van der Waals surface area (Å²) in [5.41, 5.74) is 1.80. The molecule has 0 fully saturated rings. The first kappa shape index (κ1) is 16.1. The normalized spacial score (nSPS) is 10.9. The first-order valence-electron chi connectivity index (χ1n) is 6.90. The average Bonchev–Trinajstić information content (AvgIpc) is 2.73. The molecular weight excluding hydrogens is 296 g/mol. The Labute approximate surface area is 134 Å². The molecule has 22 heavy (non-hydrogen) atoms. The molecule has 0 bridgehead atoms. The smallest absolute Gasteiger partial charge is 0.412 e. The van der Waals surface area contributed by atoms with Crippen molar-refractivity contribution in [1.29, 1.82) is 5.26 Å². The van der Waals surface area contributed by atoms with Gasteiger partial charge in [0, 0.05) is 4.88 Å². The van der Waals surface area contributed by atoms with Gasteiger partial charge in [0.15, 0.2) is 0 Å². The highest BCUT2D eigenvalue weighted by atomic mass is 32.1. The van der Waals surface area contributed by atoms with E-state index >= 15 is 0 Å². The van der Waals surface area contributed by atoms with Crippen LogP contribution in [0, 0.1) is 18.3 Å². The molecule has 0 saturated carbocycles. The monoisotopic (exact) mass is 314 g/mol. The molecule has 2 rings (SSSR count). The Morgan fingerprint density at radius 3 is 2.45 bits per heavy atom. The molecule has 5 heteroatoms. The Kier molecular flexibility index (Phi) is 4.53. The van der Waals surface area contributed by atoms with Crippen LogP contribution in [-0.2, 0) is 4.74 Å². The summed E-state index contributed by atoms with van der Waals surface area (Å²) >= 11 is 1.38. The van der Waals surface area contributed by atoms with Crippen LogP contribution in [0.3, 0.4) is 0 Å². The number of carbonyl (C=O) groups is 1. The molecule has 2 aromatic rings. The average molecular weight is 314 g/mol. The summed E-state index contributed by atoms with van der Waals surface area (Å²) in [6.07, 6.45) is -0.551. The van der Waals surface area contributed by atoms with Crippen molar-refractivity contribution in [1.82, 2.24) is 0 Å². The van der Waals surface area contributed by atoms with E-state index in [4.69, 9.17) is 4.74 Å². The summed E-state index contributed by atoms with van der Waals surface area (Å²) in [7, 11) is 0. The second kappa shape index (κ2) is 6.20. The van der Waals surface area contributed by atoms with Crippen LogP contribution in [0.2, 0.25) is 0 Å². The Bertz CT molecular complexity index is 722. The van der Waals surface area contributed by atoms with Crippen LogP contribution in [0.4, 0.5) is 9.80 Å². The van der Waals surface area contributed by atoms with E-state index in [2.05, 4.69) is 11.4 Å². The fourth-order valence-corrected chi connectivity index (χ4v) is 3.15. The molecule has 114 valence electrons. The van der Waals surface area contributed by atoms with E-state index in [0.29, 0.717) is 10.6 Å². The van der Waals surface area contributed by atoms with Crippen molar-refractivity contribution >= 4 is 22.4 Å². The molecule has 0 atom stereocenters. The number of hydrogen-bond acceptors (Lipinski definition) is 4. The number of benzene rings is 1. The van der Waals surface area contributed by atoms with E-state index in [9.17, 15) is 10.1 Å². The van der Waals surface area contributed by atoms with Gasteiger partial charge in [-0.25, -0.2) is 4.79 Å². The van der Waals surface area contributed by atoms with Gasteiger partial charge in [0.05, 0.1) is 5.56 Å². The number of thiophene rings is 1. The van der Waals surface area contributed by atoms with Crippen molar-refractivity contribution in [2.24, 2.45) is 0 Å². The minimum atomic E-state index is -0.578. The van der Waals surface area contributed by atoms with Crippen molar-refractivity contribution in [3.05, 3.63) is 41.5 Å². The molecular formula is C17H18N2O2S. The minimum Gasteiger partial charge on any atom is -0.444 e. The molecule has 1 aromatic heterocycles. The summed E-state index contributed by atoms with van der Waals surface area (Å²) in [4.78, 5) is 12.9. The molecule has 0 aliphatic heterocycles. The van der Waals surface area contributed by atoms with Crippen LogP contribution in [-0.4, -0.2) is 11.7 Å². The number of nitrogens with one attached hydrogen (secondary N) is 1. The summed E-state index contributed by atoms with van der Waals surface area (Å²) < 4.78 is 5.24. The molecule has 0 spiro atoms. The zero-order chi connectivity index (χ0) is 16.3. The molecule has 1 amide bonds. The third-order valence-corrected chi connectivity index (χ3v) is 4.17. The van der Waals surface area contributed by atoms with Crippen LogP contribution < -0.4 is 5.32 Å². The van der Waals surface area contributed by atoms with Crippen molar-refractivity contribution in [3.63, 3.8) is 0 Å². The number of hydrogen-bond donors (Lipinski definition) is 1. The lowest BCUT2D eigenvalue weighted by Gasteiger charge is -2.19. The molecule has 1 aromatic carbocycles. The molecule has 1 N–H and O–H groups in total. The fraction of sp³-hybridized carbons (Fsp3) is 0.294. The predicted molar refractivity (Wildman–Crippen MR) is 89.1 cm³/mol. The van der Waals surface area contributed by atoms with Crippen molar-refractivity contribution in [2.75, 3.05) is 5.32 Å². The highest BCUT2D eigenvalue weighted by Crippen LogP contribution is 2.39. The van der Waals surface area contributed by atoms with Crippen molar-refractivity contribution < 1.29 is 9.53 Å². The van der Waals surface area contributed by atoms with E-state index in [1.165, 1.54) is 11.3 Å². The first-order valence-corrected chi connectivity index (χ1v) is 7.72. The topological polar surface area (TPSA) is 62.1 Å². The molecule has 4 nitrogen and oxygen atoms in total. The van der Waals surface area contributed by atoms with E-state index in [1.54, 1.807) is 20.8 Å². The number of ether oxygens (including phenoxy) is 1. The van der Waals surface area contributed by atoms with Gasteiger partial charge in [-0.2, -0.15) is 5.26 Å². The molecule has 0 saturated heterocycles. The highest BCUT2D eigenvalue weighted by Gasteiger charge is 2.21. The van der Waals surface area contributed by atoms with Crippen molar-refractivity contribution in [3.8, 4) is 16.5 Å². The van der Waals surface area contributed by atoms with Gasteiger partial charge in [-0.3, -0.25) is 5.32 Å². The maximum absolute atomic E-state index is 11.9. The standard InChI is InChI=1S/C17H18N2O2S/c1-11-13(10-18)15(19-16(20)21-17(2,3)4)22-14(11)12-8-6-5-7-9-12/h5-9H,1-4H3,(H,19,20). The van der Waals surface area contributed by atoms with Crippen LogP contribution in [0.5, 0.6) is 0 Å². The third-order valence-electron chi connectivity index (χ3n) is 2.91. The molecule has 0 aliphatic rings. The molecule has 0 unspecified atom stereocenters. The Morgan fingerprint density at radius 1 is 1.27 bits per heavy atom. The highest BCUT2D eigenvalue weighted by molar-refractivity contribution is 7.20. The Morgan fingerprint density at radius 2 is 1.91 bits per heavy atom. The lowest BCUT2D eigenvalue weighted by Crippen LogP contribution is -2.27. The van der Waals surface area contributed by atoms with Gasteiger partial charge in [0.25, 0.3) is 0 Å². The second-order valence-electron chi connectivity index (χ2n) is 5.87. The van der Waals surface area contributed by atoms with Gasteiger partial charge in [0.2, 0.25) is 0 Å². The zero-order valence-electron chi connectivity index (χ0n) is 13.1. The lowest BCUT2D eigenvalue weighted by atomic mass is 10.1. The maximum atomic E-state index is 11.9. The van der Waals surface area contributed by atoms with Crippen LogP contribution in [0.15, 0.2) is 30.3 Å². The number of carbonyl (C=O) groups excluding carboxylic acids is 1. The number of amides is 1. The zero-order valence-corrected chi connectivity index (χ0v) is 13.9. The van der Waals surface area contributed by atoms with Gasteiger partial charge in [-0.15, -0.1) is 11.3 Å². The van der Waals surface area contributed by atoms with Gasteiger partial charge in [0.1, 0.15) is 16.7 Å². The number of nitrogens with zero attached hydrogens (tertiary/aromatic N) is 1. The van der Waals surface area contributed by atoms with Crippen LogP contribution in [0.1, 0.15) is 31.9 Å². The molecule has 1 heterocycles. The fourth-order valence-electron chi connectivity index (χ4n) is 2.00. The largest absolute Gasteiger partial charge is 0.444 e. The SMILES string of the molecule is Cc1c(-c2ccccc2)sc(NC(=O)OC(C)(C)C)c1C#N. The Balaban J connectivity index is 2.34. The van der Waals surface area contributed by atoms with E-state index < -0.39 is 11.7 Å². The Hall–Kier alpha value is -2.32. The van der Waals surface area contributed by atoms with E-state index in [-0.39, 0.29) is 0 Å². The summed E-state index contributed by atoms with van der Waals surface area (Å²) in [5.74, 6) is 0. The molecule has 0 radical (unpaired) electrons. The number of rotatable bonds is 2. The third kappa shape index (κ3) is 3.66. The minimum absolute atomic E-state index is 0.481.